The molecule has 0 unspecified atom stereocenters. The molecule has 0 saturated carbocycles. The van der Waals surface area contributed by atoms with E-state index in [1.807, 2.05) is 0 Å². The van der Waals surface area contributed by atoms with Gasteiger partial charge in [0.2, 0.25) is 0 Å². The first-order valence-electron chi connectivity index (χ1n) is 4.83. The van der Waals surface area contributed by atoms with E-state index in [1.54, 1.807) is 0 Å². The Balaban J connectivity index is 3.17. The van der Waals surface area contributed by atoms with Crippen LogP contribution in [0.5, 0.6) is 0 Å². The summed E-state index contributed by atoms with van der Waals surface area (Å²) in [7, 11) is 0. The highest BCUT2D eigenvalue weighted by Gasteiger charge is 1.95. The summed E-state index contributed by atoms with van der Waals surface area (Å²) >= 11 is 0. The molecule has 0 amide bonds. The molecule has 0 nitrogen and oxygen atoms in total. The van der Waals surface area contributed by atoms with Gasteiger partial charge >= 0.3 is 0 Å². The molecule has 0 fully saturated rings. The fraction of sp³-hybridized carbons (Fsp3) is 0.818. The first-order chi connectivity index (χ1) is 5.16. The minimum Gasteiger partial charge on any atom is -0.0999 e. The van der Waals surface area contributed by atoms with Crippen molar-refractivity contribution >= 4 is 0 Å². The summed E-state index contributed by atoms with van der Waals surface area (Å²) in [4.78, 5) is 0. The van der Waals surface area contributed by atoms with E-state index in [0.717, 1.165) is 5.92 Å². The Labute approximate surface area is 71.7 Å². The van der Waals surface area contributed by atoms with Crippen LogP contribution in [0.2, 0.25) is 0 Å². The Hall–Kier alpha value is -0.260. The molecule has 0 heterocycles. The number of hydrogen-bond acceptors (Lipinski definition) is 0. The van der Waals surface area contributed by atoms with E-state index in [-0.39, 0.29) is 0 Å². The summed E-state index contributed by atoms with van der Waals surface area (Å²) in [6, 6.07) is 0. The molecular formula is C11H22. The van der Waals surface area contributed by atoms with Gasteiger partial charge in [0.15, 0.2) is 0 Å². The van der Waals surface area contributed by atoms with Crippen LogP contribution in [0.3, 0.4) is 0 Å². The van der Waals surface area contributed by atoms with Crippen LogP contribution in [0, 0.1) is 5.92 Å². The van der Waals surface area contributed by atoms with Crippen molar-refractivity contribution < 1.29 is 0 Å². The van der Waals surface area contributed by atoms with Gasteiger partial charge in [-0.2, -0.15) is 0 Å². The van der Waals surface area contributed by atoms with Gasteiger partial charge in [0.05, 0.1) is 0 Å². The number of allylic oxidation sites excluding steroid dienone is 1. The molecule has 0 saturated heterocycles. The van der Waals surface area contributed by atoms with Crippen LogP contribution < -0.4 is 0 Å². The molecule has 0 aliphatic heterocycles. The summed E-state index contributed by atoms with van der Waals surface area (Å²) in [5, 5.41) is 0. The van der Waals surface area contributed by atoms with Gasteiger partial charge in [0.1, 0.15) is 0 Å². The maximum Gasteiger partial charge on any atom is -0.0323 e. The van der Waals surface area contributed by atoms with Crippen LogP contribution in [-0.2, 0) is 0 Å². The summed E-state index contributed by atoms with van der Waals surface area (Å²) in [6.07, 6.45) is 6.39. The molecule has 0 aromatic heterocycles. The molecule has 0 heteroatoms. The van der Waals surface area contributed by atoms with Crippen molar-refractivity contribution in [3.63, 3.8) is 0 Å². The molecule has 0 radical (unpaired) electrons. The van der Waals surface area contributed by atoms with Gasteiger partial charge in [-0.3, -0.25) is 0 Å². The van der Waals surface area contributed by atoms with Crippen molar-refractivity contribution in [2.75, 3.05) is 0 Å². The standard InChI is InChI=1S/C11H22/c1-5-7-11(4)9-6-8-10(2)3/h10H,4-9H2,1-3H3. The van der Waals surface area contributed by atoms with Crippen LogP contribution in [0.25, 0.3) is 0 Å². The predicted molar refractivity (Wildman–Crippen MR) is 52.7 cm³/mol. The lowest BCUT2D eigenvalue weighted by atomic mass is 10.0. The van der Waals surface area contributed by atoms with Gasteiger partial charge in [0, 0.05) is 0 Å². The Kier molecular flexibility index (Phi) is 6.30. The van der Waals surface area contributed by atoms with Gasteiger partial charge in [-0.05, 0) is 25.2 Å². The smallest absolute Gasteiger partial charge is 0.0323 e. The molecule has 0 rings (SSSR count). The zero-order valence-corrected chi connectivity index (χ0v) is 8.32. The normalized spacial score (nSPS) is 10.5. The van der Waals surface area contributed by atoms with Gasteiger partial charge in [0.25, 0.3) is 0 Å². The molecule has 11 heavy (non-hydrogen) atoms. The van der Waals surface area contributed by atoms with Crippen molar-refractivity contribution in [1.29, 1.82) is 0 Å². The average Bonchev–Trinajstić information content (AvgIpc) is 1.87. The zero-order chi connectivity index (χ0) is 8.69. The summed E-state index contributed by atoms with van der Waals surface area (Å²) in [5.74, 6) is 0.851. The second-order valence-electron chi connectivity index (χ2n) is 3.79. The van der Waals surface area contributed by atoms with E-state index in [2.05, 4.69) is 27.4 Å². The lowest BCUT2D eigenvalue weighted by Crippen LogP contribution is -1.88. The van der Waals surface area contributed by atoms with E-state index in [9.17, 15) is 0 Å². The highest BCUT2D eigenvalue weighted by molar-refractivity contribution is 4.92. The molecule has 0 N–H and O–H groups in total. The minimum atomic E-state index is 0.851. The lowest BCUT2D eigenvalue weighted by Gasteiger charge is -2.05. The van der Waals surface area contributed by atoms with Crippen LogP contribution in [-0.4, -0.2) is 0 Å². The SMILES string of the molecule is C=C(CCC)CCCC(C)C. The van der Waals surface area contributed by atoms with E-state index < -0.39 is 0 Å². The first kappa shape index (κ1) is 10.7. The van der Waals surface area contributed by atoms with Crippen LogP contribution in [0.4, 0.5) is 0 Å². The van der Waals surface area contributed by atoms with Crippen molar-refractivity contribution in [2.45, 2.75) is 52.9 Å². The van der Waals surface area contributed by atoms with Gasteiger partial charge < -0.3 is 0 Å². The topological polar surface area (TPSA) is 0 Å². The highest BCUT2D eigenvalue weighted by atomic mass is 14.0. The second-order valence-corrected chi connectivity index (χ2v) is 3.79. The zero-order valence-electron chi connectivity index (χ0n) is 8.32. The quantitative estimate of drug-likeness (QED) is 0.504. The lowest BCUT2D eigenvalue weighted by molar-refractivity contribution is 0.551. The van der Waals surface area contributed by atoms with Crippen molar-refractivity contribution in [1.82, 2.24) is 0 Å². The Morgan fingerprint density at radius 3 is 2.36 bits per heavy atom. The van der Waals surface area contributed by atoms with Gasteiger partial charge in [-0.1, -0.05) is 45.8 Å². The largest absolute Gasteiger partial charge is 0.0999 e. The summed E-state index contributed by atoms with van der Waals surface area (Å²) < 4.78 is 0. The van der Waals surface area contributed by atoms with E-state index in [0.29, 0.717) is 0 Å². The average molecular weight is 154 g/mol. The maximum absolute atomic E-state index is 4.04. The molecule has 0 atom stereocenters. The molecular weight excluding hydrogens is 132 g/mol. The maximum atomic E-state index is 4.04. The van der Waals surface area contributed by atoms with Crippen molar-refractivity contribution in [3.8, 4) is 0 Å². The van der Waals surface area contributed by atoms with Crippen LogP contribution >= 0.6 is 0 Å². The summed E-state index contributed by atoms with van der Waals surface area (Å²) in [6.45, 7) is 10.8. The summed E-state index contributed by atoms with van der Waals surface area (Å²) in [5.41, 5.74) is 1.44. The van der Waals surface area contributed by atoms with Gasteiger partial charge in [-0.15, -0.1) is 0 Å². The monoisotopic (exact) mass is 154 g/mol. The molecule has 66 valence electrons. The molecule has 0 aromatic rings. The second kappa shape index (κ2) is 6.45. The minimum absolute atomic E-state index is 0.851. The first-order valence-corrected chi connectivity index (χ1v) is 4.83. The Morgan fingerprint density at radius 2 is 1.91 bits per heavy atom. The highest BCUT2D eigenvalue weighted by Crippen LogP contribution is 2.13. The number of rotatable bonds is 6. The van der Waals surface area contributed by atoms with Gasteiger partial charge in [-0.25, -0.2) is 0 Å². The number of hydrogen-bond donors (Lipinski definition) is 0. The fourth-order valence-electron chi connectivity index (χ4n) is 1.24. The van der Waals surface area contributed by atoms with Crippen LogP contribution in [0.1, 0.15) is 52.9 Å². The van der Waals surface area contributed by atoms with Crippen molar-refractivity contribution in [2.24, 2.45) is 5.92 Å². The molecule has 0 aliphatic rings. The van der Waals surface area contributed by atoms with Crippen LogP contribution in [0.15, 0.2) is 12.2 Å². The Bertz CT molecular complexity index is 101. The third kappa shape index (κ3) is 7.64. The predicted octanol–water partition coefficient (Wildman–Crippen LogP) is 4.17. The van der Waals surface area contributed by atoms with Crippen molar-refractivity contribution in [3.05, 3.63) is 12.2 Å². The van der Waals surface area contributed by atoms with E-state index in [4.69, 9.17) is 0 Å². The molecule has 0 bridgehead atoms. The molecule has 0 spiro atoms. The van der Waals surface area contributed by atoms with E-state index in [1.165, 1.54) is 37.7 Å². The third-order valence-corrected chi connectivity index (χ3v) is 1.92. The van der Waals surface area contributed by atoms with E-state index >= 15 is 0 Å². The third-order valence-electron chi connectivity index (χ3n) is 1.92. The Morgan fingerprint density at radius 1 is 1.27 bits per heavy atom. The molecule has 0 aromatic carbocycles. The fourth-order valence-corrected chi connectivity index (χ4v) is 1.24. The molecule has 0 aliphatic carbocycles.